The molecule has 3 rings (SSSR count). The minimum absolute atomic E-state index is 0.279. The maximum Gasteiger partial charge on any atom is 0.181 e. The number of nitrogens with one attached hydrogen (secondary N) is 1. The van der Waals surface area contributed by atoms with Gasteiger partial charge in [-0.1, -0.05) is 23.7 Å². The van der Waals surface area contributed by atoms with Gasteiger partial charge in [0.15, 0.2) is 11.6 Å². The van der Waals surface area contributed by atoms with Gasteiger partial charge in [0.1, 0.15) is 5.82 Å². The van der Waals surface area contributed by atoms with Gasteiger partial charge in [0.05, 0.1) is 0 Å². The number of hydrogen-bond acceptors (Lipinski definition) is 2. The highest BCUT2D eigenvalue weighted by Gasteiger charge is 2.08. The largest absolute Gasteiger partial charge is 0.259 e. The number of rotatable bonds is 2. The van der Waals surface area contributed by atoms with Gasteiger partial charge in [-0.15, -0.1) is 0 Å². The molecule has 3 nitrogen and oxygen atoms in total. The topological polar surface area (TPSA) is 41.6 Å². The van der Waals surface area contributed by atoms with Gasteiger partial charge in [-0.05, 0) is 36.4 Å². The fraction of sp³-hybridized carbons (Fsp3) is 0. The second-order valence-electron chi connectivity index (χ2n) is 4.02. The lowest BCUT2D eigenvalue weighted by Gasteiger charge is -1.96. The first-order chi connectivity index (χ1) is 9.22. The Kier molecular flexibility index (Phi) is 3.01. The van der Waals surface area contributed by atoms with Crippen LogP contribution < -0.4 is 0 Å². The summed E-state index contributed by atoms with van der Waals surface area (Å²) in [6, 6.07) is 13.4. The van der Waals surface area contributed by atoms with Gasteiger partial charge in [-0.2, -0.15) is 5.10 Å². The fourth-order valence-electron chi connectivity index (χ4n) is 1.76. The van der Waals surface area contributed by atoms with Crippen molar-refractivity contribution >= 4 is 11.6 Å². The number of nitrogens with zero attached hydrogens (tertiary/aromatic N) is 2. The second kappa shape index (κ2) is 4.82. The smallest absolute Gasteiger partial charge is 0.181 e. The van der Waals surface area contributed by atoms with Gasteiger partial charge in [0.2, 0.25) is 0 Å². The maximum absolute atomic E-state index is 12.9. The molecule has 1 aromatic heterocycles. The van der Waals surface area contributed by atoms with Gasteiger partial charge >= 0.3 is 0 Å². The average Bonchev–Trinajstić information content (AvgIpc) is 2.89. The van der Waals surface area contributed by atoms with Gasteiger partial charge in [-0.25, -0.2) is 9.37 Å². The molecule has 0 bridgehead atoms. The number of hydrogen-bond donors (Lipinski definition) is 1. The van der Waals surface area contributed by atoms with E-state index in [4.69, 9.17) is 11.6 Å². The minimum Gasteiger partial charge on any atom is -0.259 e. The number of aromatic amines is 1. The minimum atomic E-state index is -0.279. The molecule has 3 aromatic rings. The Balaban J connectivity index is 1.97. The standard InChI is InChI=1S/C14H9ClFN3/c15-11-3-1-2-10(8-11)14-17-13(18-19-14)9-4-6-12(16)7-5-9/h1-8H,(H,17,18,19). The van der Waals surface area contributed by atoms with Gasteiger partial charge in [0, 0.05) is 16.1 Å². The summed E-state index contributed by atoms with van der Waals surface area (Å²) in [5, 5.41) is 7.60. The molecule has 0 saturated heterocycles. The molecule has 0 unspecified atom stereocenters. The third kappa shape index (κ3) is 2.48. The molecular weight excluding hydrogens is 265 g/mol. The van der Waals surface area contributed by atoms with Crippen LogP contribution in [0.2, 0.25) is 5.02 Å². The van der Waals surface area contributed by atoms with Crippen LogP contribution in [0.15, 0.2) is 48.5 Å². The SMILES string of the molecule is Fc1ccc(-c2nc(-c3cccc(Cl)c3)n[nH]2)cc1. The highest BCUT2D eigenvalue weighted by Crippen LogP contribution is 2.22. The molecule has 5 heteroatoms. The fourth-order valence-corrected chi connectivity index (χ4v) is 1.95. The van der Waals surface area contributed by atoms with Crippen LogP contribution in [0.3, 0.4) is 0 Å². The molecule has 2 aromatic carbocycles. The van der Waals surface area contributed by atoms with Crippen LogP contribution in [0.1, 0.15) is 0 Å². The predicted octanol–water partition coefficient (Wildman–Crippen LogP) is 3.93. The highest BCUT2D eigenvalue weighted by atomic mass is 35.5. The predicted molar refractivity (Wildman–Crippen MR) is 72.2 cm³/mol. The van der Waals surface area contributed by atoms with Crippen molar-refractivity contribution in [2.24, 2.45) is 0 Å². The van der Waals surface area contributed by atoms with Crippen LogP contribution in [0.4, 0.5) is 4.39 Å². The Hall–Kier alpha value is -2.20. The van der Waals surface area contributed by atoms with Crippen LogP contribution >= 0.6 is 11.6 Å². The van der Waals surface area contributed by atoms with Crippen LogP contribution in [0, 0.1) is 5.82 Å². The van der Waals surface area contributed by atoms with Gasteiger partial charge in [0.25, 0.3) is 0 Å². The number of halogens is 2. The maximum atomic E-state index is 12.9. The second-order valence-corrected chi connectivity index (χ2v) is 4.46. The lowest BCUT2D eigenvalue weighted by molar-refractivity contribution is 0.628. The van der Waals surface area contributed by atoms with E-state index in [0.717, 1.165) is 11.1 Å². The molecule has 0 fully saturated rings. The van der Waals surface area contributed by atoms with Crippen molar-refractivity contribution in [2.45, 2.75) is 0 Å². The summed E-state index contributed by atoms with van der Waals surface area (Å²) in [4.78, 5) is 4.37. The zero-order valence-electron chi connectivity index (χ0n) is 9.77. The molecule has 19 heavy (non-hydrogen) atoms. The molecule has 0 spiro atoms. The van der Waals surface area contributed by atoms with E-state index in [1.807, 2.05) is 12.1 Å². The first-order valence-corrected chi connectivity index (χ1v) is 6.04. The molecule has 0 saturated carbocycles. The molecule has 0 aliphatic rings. The molecule has 0 radical (unpaired) electrons. The van der Waals surface area contributed by atoms with E-state index in [1.165, 1.54) is 12.1 Å². The quantitative estimate of drug-likeness (QED) is 0.768. The number of aromatic nitrogens is 3. The Morgan fingerprint density at radius 3 is 2.53 bits per heavy atom. The number of benzene rings is 2. The Labute approximate surface area is 114 Å². The van der Waals surface area contributed by atoms with Crippen LogP contribution in [-0.4, -0.2) is 15.2 Å². The summed E-state index contributed by atoms with van der Waals surface area (Å²) in [5.41, 5.74) is 1.61. The zero-order valence-corrected chi connectivity index (χ0v) is 10.5. The molecule has 1 N–H and O–H groups in total. The molecule has 0 amide bonds. The Morgan fingerprint density at radius 1 is 1.00 bits per heavy atom. The van der Waals surface area contributed by atoms with Crippen molar-refractivity contribution in [1.29, 1.82) is 0 Å². The van der Waals surface area contributed by atoms with Crippen molar-refractivity contribution in [3.8, 4) is 22.8 Å². The van der Waals surface area contributed by atoms with E-state index in [0.29, 0.717) is 16.7 Å². The van der Waals surface area contributed by atoms with Crippen molar-refractivity contribution in [3.63, 3.8) is 0 Å². The van der Waals surface area contributed by atoms with Crippen LogP contribution in [0.5, 0.6) is 0 Å². The molecule has 94 valence electrons. The summed E-state index contributed by atoms with van der Waals surface area (Å²) < 4.78 is 12.9. The van der Waals surface area contributed by atoms with Crippen molar-refractivity contribution < 1.29 is 4.39 Å². The van der Waals surface area contributed by atoms with E-state index >= 15 is 0 Å². The summed E-state index contributed by atoms with van der Waals surface area (Å²) in [6.45, 7) is 0. The molecule has 1 heterocycles. The van der Waals surface area contributed by atoms with E-state index in [9.17, 15) is 4.39 Å². The summed E-state index contributed by atoms with van der Waals surface area (Å²) in [6.07, 6.45) is 0. The highest BCUT2D eigenvalue weighted by molar-refractivity contribution is 6.30. The monoisotopic (exact) mass is 273 g/mol. The first kappa shape index (κ1) is 11.9. The number of H-pyrrole nitrogens is 1. The molecule has 0 aliphatic carbocycles. The third-order valence-electron chi connectivity index (χ3n) is 2.69. The normalized spacial score (nSPS) is 10.6. The summed E-state index contributed by atoms with van der Waals surface area (Å²) >= 11 is 5.93. The molecule has 0 aliphatic heterocycles. The zero-order chi connectivity index (χ0) is 13.2. The molecule has 0 atom stereocenters. The summed E-state index contributed by atoms with van der Waals surface area (Å²) in [7, 11) is 0. The first-order valence-electron chi connectivity index (χ1n) is 5.67. The lowest BCUT2D eigenvalue weighted by Crippen LogP contribution is -1.82. The van der Waals surface area contributed by atoms with Crippen LogP contribution in [0.25, 0.3) is 22.8 Å². The summed E-state index contributed by atoms with van der Waals surface area (Å²) in [5.74, 6) is 0.870. The van der Waals surface area contributed by atoms with Crippen molar-refractivity contribution in [2.75, 3.05) is 0 Å². The van der Waals surface area contributed by atoms with Crippen molar-refractivity contribution in [3.05, 3.63) is 59.4 Å². The van der Waals surface area contributed by atoms with Gasteiger partial charge < -0.3 is 0 Å². The van der Waals surface area contributed by atoms with Gasteiger partial charge in [-0.3, -0.25) is 5.10 Å². The van der Waals surface area contributed by atoms with Crippen molar-refractivity contribution in [1.82, 2.24) is 15.2 Å². The van der Waals surface area contributed by atoms with E-state index < -0.39 is 0 Å². The Morgan fingerprint density at radius 2 is 1.79 bits per heavy atom. The lowest BCUT2D eigenvalue weighted by atomic mass is 10.2. The average molecular weight is 274 g/mol. The molecular formula is C14H9ClFN3. The van der Waals surface area contributed by atoms with E-state index in [2.05, 4.69) is 15.2 Å². The third-order valence-corrected chi connectivity index (χ3v) is 2.92. The van der Waals surface area contributed by atoms with E-state index in [1.54, 1.807) is 24.3 Å². The Bertz CT molecular complexity index is 707. The van der Waals surface area contributed by atoms with Crippen LogP contribution in [-0.2, 0) is 0 Å². The van der Waals surface area contributed by atoms with E-state index in [-0.39, 0.29) is 5.82 Å².